The molecular formula is C11H11ClN2. The monoisotopic (exact) mass is 206 g/mol. The highest BCUT2D eigenvalue weighted by Gasteiger charge is 2.20. The van der Waals surface area contributed by atoms with E-state index >= 15 is 0 Å². The minimum Gasteiger partial charge on any atom is -0.369 e. The summed E-state index contributed by atoms with van der Waals surface area (Å²) in [4.78, 5) is 2.20. The topological polar surface area (TPSA) is 27.0 Å². The van der Waals surface area contributed by atoms with Crippen molar-refractivity contribution in [2.24, 2.45) is 0 Å². The molecule has 1 aliphatic rings. The van der Waals surface area contributed by atoms with Crippen LogP contribution in [0.2, 0.25) is 5.02 Å². The average molecular weight is 207 g/mol. The Morgan fingerprint density at radius 3 is 3.14 bits per heavy atom. The number of nitriles is 1. The van der Waals surface area contributed by atoms with Crippen molar-refractivity contribution < 1.29 is 0 Å². The Morgan fingerprint density at radius 1 is 1.50 bits per heavy atom. The summed E-state index contributed by atoms with van der Waals surface area (Å²) < 4.78 is 0. The van der Waals surface area contributed by atoms with Crippen LogP contribution in [0.25, 0.3) is 0 Å². The zero-order valence-corrected chi connectivity index (χ0v) is 8.59. The molecule has 0 spiro atoms. The Morgan fingerprint density at radius 2 is 2.36 bits per heavy atom. The first-order valence-electron chi connectivity index (χ1n) is 4.72. The molecule has 0 radical (unpaired) electrons. The molecule has 0 saturated carbocycles. The zero-order valence-electron chi connectivity index (χ0n) is 7.83. The lowest BCUT2D eigenvalue weighted by atomic mass is 10.2. The number of anilines is 1. The van der Waals surface area contributed by atoms with Crippen LogP contribution in [-0.4, -0.2) is 13.1 Å². The number of benzene rings is 1. The lowest BCUT2D eigenvalue weighted by Gasteiger charge is -2.18. The maximum atomic E-state index is 8.53. The molecule has 1 aromatic rings. The van der Waals surface area contributed by atoms with Crippen molar-refractivity contribution in [3.63, 3.8) is 0 Å². The summed E-state index contributed by atoms with van der Waals surface area (Å²) in [5, 5.41) is 9.34. The predicted octanol–water partition coefficient (Wildman–Crippen LogP) is 2.62. The molecule has 1 heterocycles. The minimum absolute atomic E-state index is 0.560. The van der Waals surface area contributed by atoms with Crippen molar-refractivity contribution in [1.29, 1.82) is 5.26 Å². The largest absolute Gasteiger partial charge is 0.369 e. The number of hydrogen-bond acceptors (Lipinski definition) is 2. The first-order chi connectivity index (χ1) is 6.83. The van der Waals surface area contributed by atoms with E-state index in [0.29, 0.717) is 6.42 Å². The van der Waals surface area contributed by atoms with Crippen molar-refractivity contribution in [2.45, 2.75) is 12.8 Å². The molecule has 72 valence electrons. The second kappa shape index (κ2) is 3.89. The summed E-state index contributed by atoms with van der Waals surface area (Å²) >= 11 is 6.12. The van der Waals surface area contributed by atoms with Crippen LogP contribution < -0.4 is 4.90 Å². The number of para-hydroxylation sites is 1. The smallest absolute Gasteiger partial charge is 0.0642 e. The number of halogens is 1. The van der Waals surface area contributed by atoms with Gasteiger partial charge in [-0.25, -0.2) is 0 Å². The van der Waals surface area contributed by atoms with Crippen LogP contribution in [0.5, 0.6) is 0 Å². The van der Waals surface area contributed by atoms with Gasteiger partial charge in [0.05, 0.1) is 23.2 Å². The molecule has 0 bridgehead atoms. The lowest BCUT2D eigenvalue weighted by molar-refractivity contribution is 0.831. The Balaban J connectivity index is 2.25. The van der Waals surface area contributed by atoms with Crippen LogP contribution in [0.4, 0.5) is 5.69 Å². The third-order valence-electron chi connectivity index (χ3n) is 2.53. The highest BCUT2D eigenvalue weighted by molar-refractivity contribution is 6.33. The summed E-state index contributed by atoms with van der Waals surface area (Å²) in [5.41, 5.74) is 2.43. The van der Waals surface area contributed by atoms with Crippen molar-refractivity contribution >= 4 is 17.3 Å². The molecule has 0 aromatic heterocycles. The molecule has 0 aliphatic carbocycles. The van der Waals surface area contributed by atoms with Gasteiger partial charge >= 0.3 is 0 Å². The Hall–Kier alpha value is -1.20. The quantitative estimate of drug-likeness (QED) is 0.744. The normalized spacial score (nSPS) is 13.9. The van der Waals surface area contributed by atoms with E-state index in [9.17, 15) is 0 Å². The molecule has 2 rings (SSSR count). The van der Waals surface area contributed by atoms with Gasteiger partial charge < -0.3 is 4.90 Å². The molecule has 0 saturated heterocycles. The maximum absolute atomic E-state index is 8.53. The van der Waals surface area contributed by atoms with Crippen LogP contribution in [0, 0.1) is 11.3 Å². The maximum Gasteiger partial charge on any atom is 0.0642 e. The fraction of sp³-hybridized carbons (Fsp3) is 0.364. The molecule has 0 N–H and O–H groups in total. The molecular weight excluding hydrogens is 196 g/mol. The van der Waals surface area contributed by atoms with Crippen LogP contribution in [0.1, 0.15) is 12.0 Å². The molecule has 0 amide bonds. The van der Waals surface area contributed by atoms with Crippen molar-refractivity contribution in [1.82, 2.24) is 0 Å². The molecule has 1 aliphatic heterocycles. The van der Waals surface area contributed by atoms with E-state index in [1.807, 2.05) is 12.1 Å². The van der Waals surface area contributed by atoms with Crippen LogP contribution in [0.3, 0.4) is 0 Å². The summed E-state index contributed by atoms with van der Waals surface area (Å²) in [6.45, 7) is 1.77. The molecule has 0 unspecified atom stereocenters. The minimum atomic E-state index is 0.560. The van der Waals surface area contributed by atoms with Gasteiger partial charge in [-0.2, -0.15) is 5.26 Å². The molecule has 0 atom stereocenters. The van der Waals surface area contributed by atoms with E-state index in [1.165, 1.54) is 5.56 Å². The third kappa shape index (κ3) is 1.56. The summed E-state index contributed by atoms with van der Waals surface area (Å²) in [7, 11) is 0. The van der Waals surface area contributed by atoms with Gasteiger partial charge in [0, 0.05) is 13.1 Å². The molecule has 0 fully saturated rings. The predicted molar refractivity (Wildman–Crippen MR) is 57.6 cm³/mol. The highest BCUT2D eigenvalue weighted by Crippen LogP contribution is 2.34. The number of rotatable bonds is 2. The van der Waals surface area contributed by atoms with Crippen molar-refractivity contribution in [2.75, 3.05) is 18.0 Å². The van der Waals surface area contributed by atoms with E-state index in [0.717, 1.165) is 30.2 Å². The van der Waals surface area contributed by atoms with Gasteiger partial charge in [-0.3, -0.25) is 0 Å². The van der Waals surface area contributed by atoms with Crippen molar-refractivity contribution in [3.05, 3.63) is 28.8 Å². The van der Waals surface area contributed by atoms with Gasteiger partial charge in [0.2, 0.25) is 0 Å². The van der Waals surface area contributed by atoms with Crippen molar-refractivity contribution in [3.8, 4) is 6.07 Å². The van der Waals surface area contributed by atoms with E-state index in [1.54, 1.807) is 0 Å². The Kier molecular flexibility index (Phi) is 2.60. The summed E-state index contributed by atoms with van der Waals surface area (Å²) in [6.07, 6.45) is 1.60. The van der Waals surface area contributed by atoms with Crippen LogP contribution >= 0.6 is 11.6 Å². The fourth-order valence-corrected chi connectivity index (χ4v) is 2.21. The number of nitrogens with zero attached hydrogens (tertiary/aromatic N) is 2. The molecule has 1 aromatic carbocycles. The van der Waals surface area contributed by atoms with E-state index in [4.69, 9.17) is 16.9 Å². The van der Waals surface area contributed by atoms with E-state index in [2.05, 4.69) is 17.0 Å². The third-order valence-corrected chi connectivity index (χ3v) is 2.84. The standard InChI is InChI=1S/C11H11ClN2/c12-10-4-1-3-9-5-8-14(11(9)10)7-2-6-13/h1,3-4H,2,5,7-8H2. The summed E-state index contributed by atoms with van der Waals surface area (Å²) in [6, 6.07) is 8.15. The first-order valence-corrected chi connectivity index (χ1v) is 5.10. The molecule has 14 heavy (non-hydrogen) atoms. The SMILES string of the molecule is N#CCCN1CCc2cccc(Cl)c21. The zero-order chi connectivity index (χ0) is 9.97. The van der Waals surface area contributed by atoms with Gasteiger partial charge in [0.1, 0.15) is 0 Å². The second-order valence-corrected chi connectivity index (χ2v) is 3.80. The van der Waals surface area contributed by atoms with Crippen LogP contribution in [-0.2, 0) is 6.42 Å². The fourth-order valence-electron chi connectivity index (χ4n) is 1.89. The lowest BCUT2D eigenvalue weighted by Crippen LogP contribution is -2.21. The summed E-state index contributed by atoms with van der Waals surface area (Å²) in [5.74, 6) is 0. The van der Waals surface area contributed by atoms with Gasteiger partial charge in [-0.1, -0.05) is 23.7 Å². The molecule has 3 heteroatoms. The first kappa shape index (κ1) is 9.36. The van der Waals surface area contributed by atoms with E-state index in [-0.39, 0.29) is 0 Å². The van der Waals surface area contributed by atoms with E-state index < -0.39 is 0 Å². The van der Waals surface area contributed by atoms with Crippen LogP contribution in [0.15, 0.2) is 18.2 Å². The Bertz CT molecular complexity index is 381. The van der Waals surface area contributed by atoms with Gasteiger partial charge in [0.15, 0.2) is 0 Å². The highest BCUT2D eigenvalue weighted by atomic mass is 35.5. The molecule has 2 nitrogen and oxygen atoms in total. The number of hydrogen-bond donors (Lipinski definition) is 0. The Labute approximate surface area is 88.7 Å². The van der Waals surface area contributed by atoms with Gasteiger partial charge in [-0.15, -0.1) is 0 Å². The second-order valence-electron chi connectivity index (χ2n) is 3.39. The number of fused-ring (bicyclic) bond motifs is 1. The van der Waals surface area contributed by atoms with Gasteiger partial charge in [-0.05, 0) is 18.1 Å². The van der Waals surface area contributed by atoms with Gasteiger partial charge in [0.25, 0.3) is 0 Å². The average Bonchev–Trinajstić information content (AvgIpc) is 2.59.